The quantitative estimate of drug-likeness (QED) is 0.466. The first-order valence-electron chi connectivity index (χ1n) is 12.3. The number of aromatic nitrogens is 1. The number of carbonyl (C=O) groups excluding carboxylic acids is 2. The Morgan fingerprint density at radius 1 is 1.00 bits per heavy atom. The van der Waals surface area contributed by atoms with Crippen molar-refractivity contribution in [1.82, 2.24) is 14.8 Å². The van der Waals surface area contributed by atoms with E-state index >= 15 is 0 Å². The molecule has 2 atom stereocenters. The van der Waals surface area contributed by atoms with E-state index in [1.807, 2.05) is 60.7 Å². The molecule has 3 aliphatic rings. The lowest BCUT2D eigenvalue weighted by atomic mass is 9.85. The number of nitrogens with one attached hydrogen (secondary N) is 1. The number of carbonyl (C=O) groups is 2. The van der Waals surface area contributed by atoms with E-state index in [2.05, 4.69) is 11.1 Å². The van der Waals surface area contributed by atoms with Gasteiger partial charge in [-0.15, -0.1) is 0 Å². The van der Waals surface area contributed by atoms with Gasteiger partial charge in [0.15, 0.2) is 11.5 Å². The number of piperazine rings is 1. The summed E-state index contributed by atoms with van der Waals surface area (Å²) in [6.07, 6.45) is 0.452. The number of methoxy groups -OCH3 is 1. The molecule has 7 rings (SSSR count). The van der Waals surface area contributed by atoms with Crippen molar-refractivity contribution in [3.05, 3.63) is 89.1 Å². The second-order valence-corrected chi connectivity index (χ2v) is 9.61. The minimum atomic E-state index is -0.614. The van der Waals surface area contributed by atoms with Crippen LogP contribution in [0.4, 0.5) is 0 Å². The summed E-state index contributed by atoms with van der Waals surface area (Å²) in [6.45, 7) is 0.519. The molecule has 1 aromatic heterocycles. The van der Waals surface area contributed by atoms with E-state index in [1.54, 1.807) is 16.9 Å². The fraction of sp³-hybridized carbons (Fsp3) is 0.241. The van der Waals surface area contributed by atoms with Gasteiger partial charge in [-0.3, -0.25) is 9.59 Å². The number of para-hydroxylation sites is 2. The predicted octanol–water partition coefficient (Wildman–Crippen LogP) is 3.79. The Hall–Kier alpha value is -4.46. The molecular formula is C29H25N3O5. The number of rotatable bonds is 4. The van der Waals surface area contributed by atoms with Gasteiger partial charge in [-0.2, -0.15) is 0 Å². The highest BCUT2D eigenvalue weighted by atomic mass is 16.7. The summed E-state index contributed by atoms with van der Waals surface area (Å²) >= 11 is 0. The van der Waals surface area contributed by atoms with Crippen molar-refractivity contribution in [3.63, 3.8) is 0 Å². The molecule has 2 amide bonds. The highest BCUT2D eigenvalue weighted by molar-refractivity contribution is 5.97. The maximum absolute atomic E-state index is 14.0. The molecule has 8 nitrogen and oxygen atoms in total. The lowest BCUT2D eigenvalue weighted by Gasteiger charge is -2.47. The lowest BCUT2D eigenvalue weighted by molar-refractivity contribution is -0.159. The van der Waals surface area contributed by atoms with Gasteiger partial charge in [0.1, 0.15) is 24.4 Å². The highest BCUT2D eigenvalue weighted by Gasteiger charge is 2.48. The molecule has 0 radical (unpaired) electrons. The smallest absolute Gasteiger partial charge is 0.246 e. The molecule has 4 heterocycles. The molecule has 1 fully saturated rings. The minimum absolute atomic E-state index is 0.00495. The zero-order valence-corrected chi connectivity index (χ0v) is 20.3. The Morgan fingerprint density at radius 2 is 1.81 bits per heavy atom. The lowest BCUT2D eigenvalue weighted by Crippen LogP contribution is -2.62. The van der Waals surface area contributed by atoms with E-state index in [0.29, 0.717) is 30.2 Å². The van der Waals surface area contributed by atoms with Crippen molar-refractivity contribution in [2.45, 2.75) is 25.0 Å². The summed E-state index contributed by atoms with van der Waals surface area (Å²) in [7, 11) is 1.63. The number of H-pyrrole nitrogens is 1. The summed E-state index contributed by atoms with van der Waals surface area (Å²) in [5, 5.41) is 1.07. The van der Waals surface area contributed by atoms with Gasteiger partial charge in [-0.05, 0) is 35.4 Å². The molecule has 8 heteroatoms. The van der Waals surface area contributed by atoms with Gasteiger partial charge in [-0.25, -0.2) is 0 Å². The van der Waals surface area contributed by atoms with Gasteiger partial charge in [0.25, 0.3) is 0 Å². The molecule has 3 aromatic carbocycles. The van der Waals surface area contributed by atoms with Gasteiger partial charge < -0.3 is 29.0 Å². The first-order valence-corrected chi connectivity index (χ1v) is 12.3. The Morgan fingerprint density at radius 3 is 2.70 bits per heavy atom. The van der Waals surface area contributed by atoms with Crippen LogP contribution in [0, 0.1) is 0 Å². The third kappa shape index (κ3) is 3.36. The van der Waals surface area contributed by atoms with Crippen LogP contribution in [0.25, 0.3) is 10.9 Å². The number of fused-ring (bicyclic) bond motifs is 5. The second-order valence-electron chi connectivity index (χ2n) is 9.61. The first-order chi connectivity index (χ1) is 18.1. The molecule has 4 aromatic rings. The fourth-order valence-electron chi connectivity index (χ4n) is 5.93. The number of aromatic amines is 1. The van der Waals surface area contributed by atoms with Crippen LogP contribution in [0.3, 0.4) is 0 Å². The van der Waals surface area contributed by atoms with Crippen LogP contribution in [0.15, 0.2) is 66.7 Å². The Kier molecular flexibility index (Phi) is 4.89. The summed E-state index contributed by atoms with van der Waals surface area (Å²) in [5.41, 5.74) is 4.74. The normalized spacial score (nSPS) is 20.2. The van der Waals surface area contributed by atoms with Crippen molar-refractivity contribution < 1.29 is 23.8 Å². The van der Waals surface area contributed by atoms with Crippen molar-refractivity contribution in [1.29, 1.82) is 0 Å². The van der Waals surface area contributed by atoms with Gasteiger partial charge in [-0.1, -0.05) is 42.5 Å². The van der Waals surface area contributed by atoms with E-state index in [0.717, 1.165) is 33.3 Å². The van der Waals surface area contributed by atoms with E-state index < -0.39 is 12.1 Å². The van der Waals surface area contributed by atoms with Crippen LogP contribution >= 0.6 is 0 Å². The third-order valence-corrected chi connectivity index (χ3v) is 7.59. The maximum Gasteiger partial charge on any atom is 0.246 e. The van der Waals surface area contributed by atoms with E-state index in [1.165, 1.54) is 0 Å². The molecule has 0 saturated carbocycles. The SMILES string of the molecule is COc1ccccc1[C@@H]1c2[nH]c3ccccc3c2C[C@H]2C(=O)N(Cc3ccc4c(c3)OCO4)CC(=O)N12. The monoisotopic (exact) mass is 495 g/mol. The van der Waals surface area contributed by atoms with E-state index in [9.17, 15) is 9.59 Å². The highest BCUT2D eigenvalue weighted by Crippen LogP contribution is 2.45. The predicted molar refractivity (Wildman–Crippen MR) is 135 cm³/mol. The zero-order valence-electron chi connectivity index (χ0n) is 20.3. The Balaban J connectivity index is 1.31. The molecule has 186 valence electrons. The van der Waals surface area contributed by atoms with Gasteiger partial charge >= 0.3 is 0 Å². The number of amides is 2. The number of ether oxygens (including phenoxy) is 3. The largest absolute Gasteiger partial charge is 0.496 e. The van der Waals surface area contributed by atoms with E-state index in [-0.39, 0.29) is 25.2 Å². The molecule has 37 heavy (non-hydrogen) atoms. The molecule has 0 bridgehead atoms. The van der Waals surface area contributed by atoms with Crippen molar-refractivity contribution in [3.8, 4) is 17.2 Å². The average Bonchev–Trinajstić information content (AvgIpc) is 3.54. The molecule has 3 aliphatic heterocycles. The standard InChI is InChI=1S/C29H25N3O5/c1-35-23-9-5-3-7-19(23)28-27-20(18-6-2-4-8-21(18)30-27)13-22-29(34)31(15-26(33)32(22)28)14-17-10-11-24-25(12-17)37-16-36-24/h2-12,22,28,30H,13-16H2,1H3/t22-,28+/m0/s1. The van der Waals surface area contributed by atoms with Gasteiger partial charge in [0, 0.05) is 35.1 Å². The van der Waals surface area contributed by atoms with Gasteiger partial charge in [0.05, 0.1) is 7.11 Å². The van der Waals surface area contributed by atoms with E-state index in [4.69, 9.17) is 14.2 Å². The van der Waals surface area contributed by atoms with Crippen LogP contribution in [-0.4, -0.2) is 53.1 Å². The summed E-state index contributed by atoms with van der Waals surface area (Å²) in [4.78, 5) is 34.8. The fourth-order valence-corrected chi connectivity index (χ4v) is 5.93. The summed E-state index contributed by atoms with van der Waals surface area (Å²) < 4.78 is 16.6. The molecule has 1 N–H and O–H groups in total. The first kappa shape index (κ1) is 21.8. The molecule has 0 spiro atoms. The zero-order chi connectivity index (χ0) is 25.1. The van der Waals surface area contributed by atoms with Crippen molar-refractivity contribution in [2.24, 2.45) is 0 Å². The van der Waals surface area contributed by atoms with Gasteiger partial charge in [0.2, 0.25) is 18.6 Å². The van der Waals surface area contributed by atoms with Crippen molar-refractivity contribution in [2.75, 3.05) is 20.4 Å². The minimum Gasteiger partial charge on any atom is -0.496 e. The van der Waals surface area contributed by atoms with Crippen molar-refractivity contribution >= 4 is 22.7 Å². The Bertz CT molecular complexity index is 1560. The van der Waals surface area contributed by atoms with Crippen LogP contribution in [0.5, 0.6) is 17.2 Å². The molecule has 1 saturated heterocycles. The Labute approximate surface area is 213 Å². The topological polar surface area (TPSA) is 84.1 Å². The average molecular weight is 496 g/mol. The van der Waals surface area contributed by atoms with Crippen LogP contribution in [0.2, 0.25) is 0 Å². The summed E-state index contributed by atoms with van der Waals surface area (Å²) in [5.74, 6) is 1.88. The van der Waals surface area contributed by atoms with Crippen LogP contribution in [0.1, 0.15) is 28.4 Å². The number of hydrogen-bond acceptors (Lipinski definition) is 5. The molecule has 0 unspecified atom stereocenters. The van der Waals surface area contributed by atoms with Crippen LogP contribution in [-0.2, 0) is 22.6 Å². The number of benzene rings is 3. The number of nitrogens with zero attached hydrogens (tertiary/aromatic N) is 2. The maximum atomic E-state index is 14.0. The summed E-state index contributed by atoms with van der Waals surface area (Å²) in [6, 6.07) is 20.4. The molecule has 0 aliphatic carbocycles. The second kappa shape index (κ2) is 8.30. The van der Waals surface area contributed by atoms with Crippen LogP contribution < -0.4 is 14.2 Å². The molecular weight excluding hydrogens is 470 g/mol. The number of hydrogen-bond donors (Lipinski definition) is 1. The third-order valence-electron chi connectivity index (χ3n) is 7.59.